The van der Waals surface area contributed by atoms with Crippen molar-refractivity contribution in [3.63, 3.8) is 0 Å². The summed E-state index contributed by atoms with van der Waals surface area (Å²) in [5.74, 6) is 6.38. The Hall–Kier alpha value is 0. The van der Waals surface area contributed by atoms with E-state index in [0.717, 1.165) is 41.4 Å². The minimum atomic E-state index is 0.333. The van der Waals surface area contributed by atoms with Crippen LogP contribution in [-0.4, -0.2) is 0 Å². The molecule has 0 bridgehead atoms. The molecule has 35 heavy (non-hydrogen) atoms. The summed E-state index contributed by atoms with van der Waals surface area (Å²) in [5.41, 5.74) is 1.18. The first-order valence-corrected chi connectivity index (χ1v) is 16.4. The van der Waals surface area contributed by atoms with Crippen molar-refractivity contribution in [2.75, 3.05) is 0 Å². The quantitative estimate of drug-likeness (QED) is 0.271. The molecule has 0 aliphatic heterocycles. The van der Waals surface area contributed by atoms with Crippen LogP contribution in [0.15, 0.2) is 0 Å². The highest BCUT2D eigenvalue weighted by molar-refractivity contribution is 5.01. The van der Waals surface area contributed by atoms with Crippen LogP contribution >= 0.6 is 0 Å². The molecule has 0 spiro atoms. The van der Waals surface area contributed by atoms with Crippen LogP contribution in [0.5, 0.6) is 0 Å². The molecule has 7 unspecified atom stereocenters. The van der Waals surface area contributed by atoms with Crippen molar-refractivity contribution >= 4 is 0 Å². The Morgan fingerprint density at radius 1 is 0.829 bits per heavy atom. The maximum atomic E-state index is 2.72. The van der Waals surface area contributed by atoms with Crippen LogP contribution in [-0.2, 0) is 0 Å². The van der Waals surface area contributed by atoms with Crippen molar-refractivity contribution in [1.82, 2.24) is 0 Å². The fraction of sp³-hybridized carbons (Fsp3) is 1.00. The molecule has 2 aliphatic rings. The van der Waals surface area contributed by atoms with Crippen LogP contribution in [0.4, 0.5) is 0 Å². The zero-order valence-corrected chi connectivity index (χ0v) is 26.4. The lowest BCUT2D eigenvalue weighted by Crippen LogP contribution is -2.49. The Balaban J connectivity index is 2.49. The summed E-state index contributed by atoms with van der Waals surface area (Å²) in [7, 11) is 0. The lowest BCUT2D eigenvalue weighted by Gasteiger charge is -2.57. The average Bonchev–Trinajstić information content (AvgIpc) is 3.56. The van der Waals surface area contributed by atoms with Gasteiger partial charge in [-0.2, -0.15) is 0 Å². The number of rotatable bonds is 11. The van der Waals surface area contributed by atoms with Gasteiger partial charge in [0, 0.05) is 0 Å². The highest BCUT2D eigenvalue weighted by Crippen LogP contribution is 2.61. The van der Waals surface area contributed by atoms with Crippen molar-refractivity contribution in [2.45, 2.75) is 166 Å². The monoisotopic (exact) mass is 489 g/mol. The van der Waals surface area contributed by atoms with E-state index in [2.05, 4.69) is 76.2 Å². The number of hydrogen-bond donors (Lipinski definition) is 0. The van der Waals surface area contributed by atoms with E-state index in [4.69, 9.17) is 0 Å². The van der Waals surface area contributed by atoms with E-state index in [1.165, 1.54) is 83.5 Å². The second kappa shape index (κ2) is 13.2. The second-order valence-corrected chi connectivity index (χ2v) is 15.2. The van der Waals surface area contributed by atoms with Crippen molar-refractivity contribution in [3.8, 4) is 0 Å². The summed E-state index contributed by atoms with van der Waals surface area (Å²) in [4.78, 5) is 0. The lowest BCUT2D eigenvalue weighted by atomic mass is 9.48. The lowest BCUT2D eigenvalue weighted by molar-refractivity contribution is -0.0779. The molecule has 0 saturated heterocycles. The van der Waals surface area contributed by atoms with Gasteiger partial charge in [0.25, 0.3) is 0 Å². The second-order valence-electron chi connectivity index (χ2n) is 15.2. The Labute approximate surface area is 223 Å². The SMILES string of the molecule is CCCCC1CCCCC2CC2C(C(C)C)CCC(CCC)(C(C)C(C)(C)C(C)(C)C(C)CC)C1. The fourth-order valence-corrected chi connectivity index (χ4v) is 8.78. The van der Waals surface area contributed by atoms with Gasteiger partial charge in [-0.05, 0) is 89.8 Å². The number of hydrogen-bond acceptors (Lipinski definition) is 0. The van der Waals surface area contributed by atoms with Crippen molar-refractivity contribution in [2.24, 2.45) is 57.7 Å². The first-order valence-electron chi connectivity index (χ1n) is 16.4. The Morgan fingerprint density at radius 3 is 2.06 bits per heavy atom. The molecule has 0 N–H and O–H groups in total. The smallest absolute Gasteiger partial charge is 0.0264 e. The van der Waals surface area contributed by atoms with Crippen LogP contribution in [0, 0.1) is 57.7 Å². The summed E-state index contributed by atoms with van der Waals surface area (Å²) >= 11 is 0. The molecular formula is C35H68. The standard InChI is InChI=1S/C35H68/c1-12-15-18-29-19-16-17-20-30-24-32(30)31(26(4)5)21-23-35(25-29,22-13-2)28(7)34(10,11)33(8,9)27(6)14-3/h26-32H,12-25H2,1-11H3. The summed E-state index contributed by atoms with van der Waals surface area (Å²) in [6, 6.07) is 0. The third kappa shape index (κ3) is 7.31. The third-order valence-corrected chi connectivity index (χ3v) is 12.7. The van der Waals surface area contributed by atoms with E-state index < -0.39 is 0 Å². The van der Waals surface area contributed by atoms with Gasteiger partial charge in [-0.15, -0.1) is 0 Å². The van der Waals surface area contributed by atoms with E-state index >= 15 is 0 Å². The predicted octanol–water partition coefficient (Wildman–Crippen LogP) is 12.0. The van der Waals surface area contributed by atoms with Crippen LogP contribution in [0.25, 0.3) is 0 Å². The van der Waals surface area contributed by atoms with Gasteiger partial charge in [-0.25, -0.2) is 0 Å². The van der Waals surface area contributed by atoms with E-state index in [1.54, 1.807) is 6.42 Å². The summed E-state index contributed by atoms with van der Waals surface area (Å²) in [6.45, 7) is 28.1. The zero-order chi connectivity index (χ0) is 26.4. The Kier molecular flexibility index (Phi) is 11.8. The van der Waals surface area contributed by atoms with Crippen LogP contribution < -0.4 is 0 Å². The molecule has 2 rings (SSSR count). The number of unbranched alkanes of at least 4 members (excludes halogenated alkanes) is 1. The fourth-order valence-electron chi connectivity index (χ4n) is 8.78. The molecule has 2 fully saturated rings. The van der Waals surface area contributed by atoms with Gasteiger partial charge in [-0.1, -0.05) is 134 Å². The van der Waals surface area contributed by atoms with E-state index in [0.29, 0.717) is 16.2 Å². The van der Waals surface area contributed by atoms with Gasteiger partial charge in [0.2, 0.25) is 0 Å². The van der Waals surface area contributed by atoms with Gasteiger partial charge < -0.3 is 0 Å². The topological polar surface area (TPSA) is 0 Å². The van der Waals surface area contributed by atoms with E-state index in [9.17, 15) is 0 Å². The molecule has 208 valence electrons. The van der Waals surface area contributed by atoms with Crippen molar-refractivity contribution < 1.29 is 0 Å². The molecule has 0 radical (unpaired) electrons. The van der Waals surface area contributed by atoms with Crippen LogP contribution in [0.1, 0.15) is 166 Å². The minimum Gasteiger partial charge on any atom is -0.0654 e. The van der Waals surface area contributed by atoms with Crippen molar-refractivity contribution in [1.29, 1.82) is 0 Å². The maximum absolute atomic E-state index is 2.72. The maximum Gasteiger partial charge on any atom is -0.0264 e. The normalized spacial score (nSPS) is 32.9. The summed E-state index contributed by atoms with van der Waals surface area (Å²) in [6.07, 6.45) is 20.4. The van der Waals surface area contributed by atoms with E-state index in [-0.39, 0.29) is 0 Å². The summed E-state index contributed by atoms with van der Waals surface area (Å²) in [5, 5.41) is 0. The van der Waals surface area contributed by atoms with Gasteiger partial charge in [0.15, 0.2) is 0 Å². The van der Waals surface area contributed by atoms with Gasteiger partial charge >= 0.3 is 0 Å². The van der Waals surface area contributed by atoms with Gasteiger partial charge in [0.05, 0.1) is 0 Å². The third-order valence-electron chi connectivity index (χ3n) is 12.7. The molecule has 0 aromatic heterocycles. The molecule has 0 heteroatoms. The zero-order valence-electron chi connectivity index (χ0n) is 26.4. The molecule has 0 aromatic carbocycles. The van der Waals surface area contributed by atoms with Crippen LogP contribution in [0.3, 0.4) is 0 Å². The van der Waals surface area contributed by atoms with Crippen molar-refractivity contribution in [3.05, 3.63) is 0 Å². The van der Waals surface area contributed by atoms with Crippen LogP contribution in [0.2, 0.25) is 0 Å². The molecular weight excluding hydrogens is 420 g/mol. The highest BCUT2D eigenvalue weighted by Gasteiger charge is 2.52. The van der Waals surface area contributed by atoms with Gasteiger partial charge in [-0.3, -0.25) is 0 Å². The Morgan fingerprint density at radius 2 is 1.49 bits per heavy atom. The molecule has 2 saturated carbocycles. The molecule has 0 aromatic rings. The Bertz CT molecular complexity index is 597. The predicted molar refractivity (Wildman–Crippen MR) is 159 cm³/mol. The largest absolute Gasteiger partial charge is 0.0654 e. The van der Waals surface area contributed by atoms with E-state index in [1.807, 2.05) is 0 Å². The molecule has 0 nitrogen and oxygen atoms in total. The summed E-state index contributed by atoms with van der Waals surface area (Å²) < 4.78 is 0. The average molecular weight is 489 g/mol. The first-order chi connectivity index (χ1) is 16.4. The minimum absolute atomic E-state index is 0.333. The molecule has 7 atom stereocenters. The molecule has 2 aliphatic carbocycles. The first kappa shape index (κ1) is 31.2. The molecule has 0 amide bonds. The highest BCUT2D eigenvalue weighted by atomic mass is 14.6. The number of fused-ring (bicyclic) bond motifs is 1. The molecule has 0 heterocycles. The van der Waals surface area contributed by atoms with Gasteiger partial charge in [0.1, 0.15) is 0 Å².